The first kappa shape index (κ1) is 25.7. The van der Waals surface area contributed by atoms with Crippen molar-refractivity contribution >= 4 is 28.9 Å². The number of methoxy groups -OCH3 is 2. The van der Waals surface area contributed by atoms with Gasteiger partial charge in [0.2, 0.25) is 0 Å². The molecule has 192 valence electrons. The summed E-state index contributed by atoms with van der Waals surface area (Å²) in [4.78, 5) is 36.4. The highest BCUT2D eigenvalue weighted by molar-refractivity contribution is 6.34. The van der Waals surface area contributed by atoms with Gasteiger partial charge >= 0.3 is 0 Å². The molecule has 0 aliphatic carbocycles. The normalized spacial score (nSPS) is 14.5. The SMILES string of the molecule is COc1cc2c(cc1OC)C(COc1ccc([N+](=O)[O-])cc1)N(C(=O)c1cc([N+](=O)[O-])ccc1Cl)CC2. The van der Waals surface area contributed by atoms with Crippen LogP contribution in [0.2, 0.25) is 5.02 Å². The molecule has 0 fully saturated rings. The lowest BCUT2D eigenvalue weighted by atomic mass is 9.91. The van der Waals surface area contributed by atoms with Gasteiger partial charge in [0.25, 0.3) is 17.3 Å². The Labute approximate surface area is 216 Å². The van der Waals surface area contributed by atoms with Crippen LogP contribution in [0.1, 0.15) is 27.5 Å². The molecule has 0 aromatic heterocycles. The number of rotatable bonds is 8. The summed E-state index contributed by atoms with van der Waals surface area (Å²) < 4.78 is 16.8. The van der Waals surface area contributed by atoms with Crippen molar-refractivity contribution in [1.82, 2.24) is 4.90 Å². The smallest absolute Gasteiger partial charge is 0.270 e. The van der Waals surface area contributed by atoms with E-state index in [4.69, 9.17) is 25.8 Å². The molecule has 1 atom stereocenters. The number of ether oxygens (including phenoxy) is 3. The first-order valence-corrected chi connectivity index (χ1v) is 11.5. The molecule has 0 N–H and O–H groups in total. The zero-order chi connectivity index (χ0) is 26.7. The molecule has 1 amide bonds. The number of nitro groups is 2. The van der Waals surface area contributed by atoms with Crippen molar-refractivity contribution in [2.45, 2.75) is 12.5 Å². The predicted molar refractivity (Wildman–Crippen MR) is 134 cm³/mol. The molecule has 1 aliphatic heterocycles. The summed E-state index contributed by atoms with van der Waals surface area (Å²) in [5.41, 5.74) is 1.34. The van der Waals surface area contributed by atoms with E-state index in [-0.39, 0.29) is 35.1 Å². The minimum Gasteiger partial charge on any atom is -0.493 e. The van der Waals surface area contributed by atoms with Crippen LogP contribution in [-0.4, -0.2) is 48.0 Å². The average Bonchev–Trinajstić information content (AvgIpc) is 2.90. The lowest BCUT2D eigenvalue weighted by Gasteiger charge is -2.37. The molecule has 0 bridgehead atoms. The summed E-state index contributed by atoms with van der Waals surface area (Å²) in [6, 6.07) is 12.3. The molecule has 37 heavy (non-hydrogen) atoms. The molecule has 1 unspecified atom stereocenters. The van der Waals surface area contributed by atoms with Gasteiger partial charge < -0.3 is 19.1 Å². The molecule has 1 aliphatic rings. The van der Waals surface area contributed by atoms with Gasteiger partial charge in [-0.1, -0.05) is 11.6 Å². The van der Waals surface area contributed by atoms with Crippen molar-refractivity contribution in [3.63, 3.8) is 0 Å². The Balaban J connectivity index is 1.72. The summed E-state index contributed by atoms with van der Waals surface area (Å²) in [5.74, 6) is 0.882. The highest BCUT2D eigenvalue weighted by atomic mass is 35.5. The second-order valence-electron chi connectivity index (χ2n) is 8.15. The number of hydrogen-bond donors (Lipinski definition) is 0. The van der Waals surface area contributed by atoms with E-state index in [1.165, 1.54) is 50.6 Å². The molecule has 3 aromatic carbocycles. The third-order valence-electron chi connectivity index (χ3n) is 6.11. The maximum atomic E-state index is 13.7. The van der Waals surface area contributed by atoms with E-state index in [1.807, 2.05) is 6.07 Å². The lowest BCUT2D eigenvalue weighted by Crippen LogP contribution is -2.42. The predicted octanol–water partition coefficient (Wildman–Crippen LogP) is 4.99. The second-order valence-corrected chi connectivity index (χ2v) is 8.56. The van der Waals surface area contributed by atoms with E-state index < -0.39 is 21.8 Å². The van der Waals surface area contributed by atoms with Gasteiger partial charge in [0.15, 0.2) is 11.5 Å². The second kappa shape index (κ2) is 10.7. The Kier molecular flexibility index (Phi) is 7.44. The maximum absolute atomic E-state index is 13.7. The van der Waals surface area contributed by atoms with Gasteiger partial charge in [-0.05, 0) is 47.9 Å². The van der Waals surface area contributed by atoms with Crippen LogP contribution in [-0.2, 0) is 6.42 Å². The van der Waals surface area contributed by atoms with Crippen LogP contribution in [0.4, 0.5) is 11.4 Å². The number of fused-ring (bicyclic) bond motifs is 1. The standard InChI is InChI=1S/C25H22ClN3O8/c1-35-23-11-15-9-10-27(25(30)20-12-17(29(33)34)5-8-21(20)26)22(19(15)13-24(23)36-2)14-37-18-6-3-16(4-7-18)28(31)32/h3-8,11-13,22H,9-10,14H2,1-2H3. The monoisotopic (exact) mass is 527 g/mol. The highest BCUT2D eigenvalue weighted by Gasteiger charge is 2.34. The Hall–Kier alpha value is -4.38. The molecule has 11 nitrogen and oxygen atoms in total. The summed E-state index contributed by atoms with van der Waals surface area (Å²) in [6.07, 6.45) is 0.488. The van der Waals surface area contributed by atoms with E-state index in [0.29, 0.717) is 23.7 Å². The van der Waals surface area contributed by atoms with Gasteiger partial charge in [-0.3, -0.25) is 25.0 Å². The summed E-state index contributed by atoms with van der Waals surface area (Å²) in [7, 11) is 3.03. The van der Waals surface area contributed by atoms with Crippen molar-refractivity contribution in [1.29, 1.82) is 0 Å². The molecular weight excluding hydrogens is 506 g/mol. The Morgan fingerprint density at radius 3 is 2.22 bits per heavy atom. The zero-order valence-corrected chi connectivity index (χ0v) is 20.6. The van der Waals surface area contributed by atoms with E-state index in [1.54, 1.807) is 11.0 Å². The van der Waals surface area contributed by atoms with Crippen LogP contribution in [0.5, 0.6) is 17.2 Å². The largest absolute Gasteiger partial charge is 0.493 e. The summed E-state index contributed by atoms with van der Waals surface area (Å²) in [5, 5.41) is 22.3. The first-order valence-electron chi connectivity index (χ1n) is 11.1. The van der Waals surface area contributed by atoms with Crippen LogP contribution >= 0.6 is 11.6 Å². The number of nitro benzene ring substituents is 2. The zero-order valence-electron chi connectivity index (χ0n) is 19.9. The topological polar surface area (TPSA) is 134 Å². The van der Waals surface area contributed by atoms with Gasteiger partial charge in [-0.2, -0.15) is 0 Å². The van der Waals surface area contributed by atoms with Crippen molar-refractivity contribution in [2.75, 3.05) is 27.4 Å². The molecule has 0 spiro atoms. The van der Waals surface area contributed by atoms with Crippen LogP contribution < -0.4 is 14.2 Å². The minimum absolute atomic E-state index is 0.000120. The number of halogens is 1. The maximum Gasteiger partial charge on any atom is 0.270 e. The average molecular weight is 528 g/mol. The van der Waals surface area contributed by atoms with Crippen LogP contribution in [0.15, 0.2) is 54.6 Å². The van der Waals surface area contributed by atoms with Crippen molar-refractivity contribution in [2.24, 2.45) is 0 Å². The third-order valence-corrected chi connectivity index (χ3v) is 6.44. The Morgan fingerprint density at radius 1 is 0.973 bits per heavy atom. The summed E-state index contributed by atoms with van der Waals surface area (Å²) in [6.45, 7) is 0.285. The molecule has 0 saturated carbocycles. The molecular formula is C25H22ClN3O8. The van der Waals surface area contributed by atoms with Crippen molar-refractivity contribution in [3.8, 4) is 17.2 Å². The van der Waals surface area contributed by atoms with E-state index in [0.717, 1.165) is 17.2 Å². The number of hydrogen-bond acceptors (Lipinski definition) is 8. The van der Waals surface area contributed by atoms with Gasteiger partial charge in [-0.15, -0.1) is 0 Å². The van der Waals surface area contributed by atoms with Crippen molar-refractivity contribution in [3.05, 3.63) is 96.5 Å². The number of amides is 1. The molecule has 0 radical (unpaired) electrons. The summed E-state index contributed by atoms with van der Waals surface area (Å²) >= 11 is 6.27. The first-order chi connectivity index (χ1) is 17.7. The molecule has 12 heteroatoms. The number of non-ortho nitro benzene ring substituents is 2. The van der Waals surface area contributed by atoms with E-state index in [2.05, 4.69) is 0 Å². The number of carbonyl (C=O) groups excluding carboxylic acids is 1. The molecule has 0 saturated heterocycles. The van der Waals surface area contributed by atoms with E-state index >= 15 is 0 Å². The number of benzene rings is 3. The lowest BCUT2D eigenvalue weighted by molar-refractivity contribution is -0.385. The fourth-order valence-electron chi connectivity index (χ4n) is 4.24. The fraction of sp³-hybridized carbons (Fsp3) is 0.240. The quantitative estimate of drug-likeness (QED) is 0.295. The van der Waals surface area contributed by atoms with Gasteiger partial charge in [0.05, 0.1) is 40.7 Å². The minimum atomic E-state index is -0.624. The number of carbonyl (C=O) groups is 1. The van der Waals surface area contributed by atoms with Crippen LogP contribution in [0.25, 0.3) is 0 Å². The van der Waals surface area contributed by atoms with Crippen molar-refractivity contribution < 1.29 is 28.9 Å². The van der Waals surface area contributed by atoms with Gasteiger partial charge in [0, 0.05) is 30.8 Å². The van der Waals surface area contributed by atoms with E-state index in [9.17, 15) is 25.0 Å². The molecule has 4 rings (SSSR count). The van der Waals surface area contributed by atoms with Gasteiger partial charge in [0.1, 0.15) is 12.4 Å². The van der Waals surface area contributed by atoms with Crippen LogP contribution in [0.3, 0.4) is 0 Å². The Bertz CT molecular complexity index is 1360. The molecule has 1 heterocycles. The highest BCUT2D eigenvalue weighted by Crippen LogP contribution is 2.39. The fourth-order valence-corrected chi connectivity index (χ4v) is 4.43. The third kappa shape index (κ3) is 5.26. The van der Waals surface area contributed by atoms with Crippen LogP contribution in [0, 0.1) is 20.2 Å². The Morgan fingerprint density at radius 2 is 1.59 bits per heavy atom. The molecule has 3 aromatic rings. The van der Waals surface area contributed by atoms with Gasteiger partial charge in [-0.25, -0.2) is 0 Å². The number of nitrogens with zero attached hydrogens (tertiary/aromatic N) is 3.